The van der Waals surface area contributed by atoms with Crippen molar-refractivity contribution in [2.45, 2.75) is 11.7 Å². The molecule has 0 aromatic heterocycles. The highest BCUT2D eigenvalue weighted by Gasteiger charge is 2.79. The Morgan fingerprint density at radius 3 is 2.64 bits per heavy atom. The summed E-state index contributed by atoms with van der Waals surface area (Å²) in [5.41, 5.74) is 1.13. The number of hydrogen-bond acceptors (Lipinski definition) is 3. The van der Waals surface area contributed by atoms with Crippen molar-refractivity contribution in [3.05, 3.63) is 35.9 Å². The Bertz CT molecular complexity index is 461. The van der Waals surface area contributed by atoms with Crippen LogP contribution >= 0.6 is 6.42 Å². The lowest BCUT2D eigenvalue weighted by molar-refractivity contribution is -0.138. The molecule has 2 aliphatic rings. The first-order valence-electron chi connectivity index (χ1n) is 4.34. The molecule has 0 spiro atoms. The van der Waals surface area contributed by atoms with Gasteiger partial charge in [0.05, 0.1) is 0 Å². The van der Waals surface area contributed by atoms with Gasteiger partial charge >= 0.3 is 5.97 Å². The third kappa shape index (κ3) is 0.910. The van der Waals surface area contributed by atoms with Gasteiger partial charge in [0, 0.05) is 6.42 Å². The van der Waals surface area contributed by atoms with E-state index in [0.29, 0.717) is 6.42 Å². The molecule has 2 saturated heterocycles. The van der Waals surface area contributed by atoms with Gasteiger partial charge in [-0.05, 0) is 17.4 Å². The molecule has 0 bridgehead atoms. The van der Waals surface area contributed by atoms with Crippen LogP contribution < -0.4 is 5.09 Å². The van der Waals surface area contributed by atoms with Gasteiger partial charge in [-0.2, -0.15) is 0 Å². The van der Waals surface area contributed by atoms with E-state index in [2.05, 4.69) is 5.09 Å². The van der Waals surface area contributed by atoms with Crippen molar-refractivity contribution in [1.82, 2.24) is 5.09 Å². The van der Waals surface area contributed by atoms with Crippen molar-refractivity contribution in [2.24, 2.45) is 0 Å². The monoisotopic (exact) mass is 225 g/mol. The van der Waals surface area contributed by atoms with Crippen LogP contribution in [-0.2, 0) is 27.5 Å². The lowest BCUT2D eigenvalue weighted by atomic mass is 10.1. The number of benzene rings is 1. The molecule has 1 aromatic carbocycles. The zero-order valence-electron chi connectivity index (χ0n) is 7.27. The molecule has 2 fully saturated rings. The number of carbonyl (C=O) groups excluding carboxylic acids is 1. The molecule has 0 aliphatic carbocycles. The minimum absolute atomic E-state index is 0.176. The number of rotatable bonds is 2. The van der Waals surface area contributed by atoms with Crippen molar-refractivity contribution >= 4 is 24.2 Å². The lowest BCUT2D eigenvalue weighted by Gasteiger charge is -2.22. The molecule has 2 atom stereocenters. The summed E-state index contributed by atoms with van der Waals surface area (Å²) in [6, 6.07) is 9.88. The zero-order chi connectivity index (χ0) is 9.81. The first-order chi connectivity index (χ1) is 6.66. The molecule has 3 rings (SSSR count). The van der Waals surface area contributed by atoms with Crippen LogP contribution in [0, 0.1) is 0 Å². The number of nitrogens with one attached hydrogen (secondary N) is 1. The molecule has 5 heteroatoms. The summed E-state index contributed by atoms with van der Waals surface area (Å²) in [6.45, 7) is 0. The highest BCUT2D eigenvalue weighted by Crippen LogP contribution is 2.79. The number of carbonyl (C=O) groups is 1. The van der Waals surface area contributed by atoms with E-state index in [4.69, 9.17) is 16.3 Å². The second-order valence-corrected chi connectivity index (χ2v) is 7.38. The molecule has 1 aromatic rings. The largest absolute Gasteiger partial charge is 0.419 e. The van der Waals surface area contributed by atoms with Gasteiger partial charge in [-0.3, -0.25) is 0 Å². The molecular formula is C9H8NO2PS. The Hall–Kier alpha value is -0.700. The van der Waals surface area contributed by atoms with Gasteiger partial charge in [-0.1, -0.05) is 30.3 Å². The molecule has 0 saturated carbocycles. The molecule has 1 unspecified atom stereocenters. The highest BCUT2D eigenvalue weighted by atomic mass is 32.5. The lowest BCUT2D eigenvalue weighted by Crippen LogP contribution is -2.35. The van der Waals surface area contributed by atoms with Crippen LogP contribution in [0.4, 0.5) is 0 Å². The Morgan fingerprint density at radius 2 is 2.14 bits per heavy atom. The topological polar surface area (TPSA) is 48.2 Å². The van der Waals surface area contributed by atoms with Gasteiger partial charge in [0.25, 0.3) is 0 Å². The Balaban J connectivity index is 1.88. The molecule has 0 radical (unpaired) electrons. The van der Waals surface area contributed by atoms with E-state index in [0.717, 1.165) is 5.56 Å². The summed E-state index contributed by atoms with van der Waals surface area (Å²) in [7, 11) is 0. The Morgan fingerprint density at radius 1 is 1.43 bits per heavy atom. The van der Waals surface area contributed by atoms with Gasteiger partial charge in [0.2, 0.25) is 11.7 Å². The maximum Gasteiger partial charge on any atom is 0.341 e. The van der Waals surface area contributed by atoms with Crippen molar-refractivity contribution in [2.75, 3.05) is 0 Å². The third-order valence-corrected chi connectivity index (χ3v) is 6.40. The summed E-state index contributed by atoms with van der Waals surface area (Å²) in [4.78, 5) is 11.3. The summed E-state index contributed by atoms with van der Waals surface area (Å²) in [5.74, 6) is -0.176. The van der Waals surface area contributed by atoms with E-state index in [1.54, 1.807) is 0 Å². The van der Waals surface area contributed by atoms with Gasteiger partial charge in [-0.15, -0.1) is 0 Å². The minimum Gasteiger partial charge on any atom is -0.419 e. The van der Waals surface area contributed by atoms with E-state index in [9.17, 15) is 4.79 Å². The Kier molecular flexibility index (Phi) is 1.51. The van der Waals surface area contributed by atoms with Crippen molar-refractivity contribution < 1.29 is 9.32 Å². The normalized spacial score (nSPS) is 38.1. The predicted molar refractivity (Wildman–Crippen MR) is 56.4 cm³/mol. The zero-order valence-corrected chi connectivity index (χ0v) is 8.98. The van der Waals surface area contributed by atoms with Gasteiger partial charge in [0.1, 0.15) is 0 Å². The SMILES string of the molecule is O=C1OP2(=S)N[C@@]12Cc1ccccc1. The van der Waals surface area contributed by atoms with Gasteiger partial charge < -0.3 is 4.52 Å². The smallest absolute Gasteiger partial charge is 0.341 e. The fourth-order valence-electron chi connectivity index (χ4n) is 1.75. The maximum atomic E-state index is 11.3. The van der Waals surface area contributed by atoms with Crippen molar-refractivity contribution in [3.8, 4) is 0 Å². The molecule has 2 heterocycles. The van der Waals surface area contributed by atoms with E-state index in [1.807, 2.05) is 30.3 Å². The number of fused-ring (bicyclic) bond motifs is 1. The summed E-state index contributed by atoms with van der Waals surface area (Å²) >= 11 is 5.19. The van der Waals surface area contributed by atoms with Crippen LogP contribution in [0.5, 0.6) is 0 Å². The van der Waals surface area contributed by atoms with Crippen LogP contribution in [0.25, 0.3) is 0 Å². The van der Waals surface area contributed by atoms with Crippen LogP contribution in [-0.4, -0.2) is 11.2 Å². The van der Waals surface area contributed by atoms with E-state index in [-0.39, 0.29) is 5.97 Å². The molecule has 14 heavy (non-hydrogen) atoms. The highest BCUT2D eigenvalue weighted by molar-refractivity contribution is 8.17. The third-order valence-electron chi connectivity index (χ3n) is 2.64. The van der Waals surface area contributed by atoms with Gasteiger partial charge in [0.15, 0.2) is 0 Å². The number of hydrogen-bond donors (Lipinski definition) is 1. The summed E-state index contributed by atoms with van der Waals surface area (Å²) in [6.07, 6.45) is -1.25. The molecule has 72 valence electrons. The molecule has 1 N–H and O–H groups in total. The molecule has 0 amide bonds. The maximum absolute atomic E-state index is 11.3. The molecular weight excluding hydrogens is 217 g/mol. The summed E-state index contributed by atoms with van der Waals surface area (Å²) < 4.78 is 4.95. The fourth-order valence-corrected chi connectivity index (χ4v) is 5.05. The fraction of sp³-hybridized carbons (Fsp3) is 0.222. The quantitative estimate of drug-likeness (QED) is 0.610. The van der Waals surface area contributed by atoms with Crippen LogP contribution in [0.1, 0.15) is 5.56 Å². The second kappa shape index (κ2) is 2.45. The molecule has 2 aliphatic heterocycles. The van der Waals surface area contributed by atoms with Crippen molar-refractivity contribution in [1.29, 1.82) is 0 Å². The molecule has 3 nitrogen and oxygen atoms in total. The van der Waals surface area contributed by atoms with Crippen molar-refractivity contribution in [3.63, 3.8) is 0 Å². The second-order valence-electron chi connectivity index (χ2n) is 3.56. The minimum atomic E-state index is -1.92. The first-order valence-corrected chi connectivity index (χ1v) is 7.06. The Labute approximate surface area is 86.6 Å². The van der Waals surface area contributed by atoms with Gasteiger partial charge in [-0.25, -0.2) is 9.88 Å². The van der Waals surface area contributed by atoms with Crippen LogP contribution in [0.2, 0.25) is 0 Å². The van der Waals surface area contributed by atoms with E-state index in [1.165, 1.54) is 0 Å². The van der Waals surface area contributed by atoms with Crippen LogP contribution in [0.3, 0.4) is 0 Å². The standard InChI is InChI=1S/C9H8NO2PS/c11-8-9(10-13(9,14)12-8)6-7-4-2-1-3-5-7/h1-5H,6H2,(H,10,14)/t9-,13?/m1/s1. The average molecular weight is 225 g/mol. The first kappa shape index (κ1) is 8.60. The van der Waals surface area contributed by atoms with Crippen LogP contribution in [0.15, 0.2) is 30.3 Å². The van der Waals surface area contributed by atoms with E-state index >= 15 is 0 Å². The average Bonchev–Trinajstić information content (AvgIpc) is 2.65. The predicted octanol–water partition coefficient (Wildman–Crippen LogP) is 1.39. The van der Waals surface area contributed by atoms with E-state index < -0.39 is 11.7 Å². The summed E-state index contributed by atoms with van der Waals surface area (Å²) in [5, 5.41) is 2.55.